The molecule has 4 aliphatic rings. The predicted molar refractivity (Wildman–Crippen MR) is 130 cm³/mol. The summed E-state index contributed by atoms with van der Waals surface area (Å²) in [5.41, 5.74) is 1.69. The van der Waals surface area contributed by atoms with Crippen LogP contribution in [-0.2, 0) is 5.54 Å². The average Bonchev–Trinajstić information content (AvgIpc) is 3.47. The van der Waals surface area contributed by atoms with Crippen molar-refractivity contribution >= 4 is 40.2 Å². The summed E-state index contributed by atoms with van der Waals surface area (Å²) in [7, 11) is 0. The molecule has 0 radical (unpaired) electrons. The number of carbonyl (C=O) groups excluding carboxylic acids is 2. The van der Waals surface area contributed by atoms with E-state index in [1.807, 2.05) is 24.8 Å². The lowest BCUT2D eigenvalue weighted by Gasteiger charge is -2.42. The predicted octanol–water partition coefficient (Wildman–Crippen LogP) is 5.33. The van der Waals surface area contributed by atoms with Crippen LogP contribution in [0, 0.1) is 0 Å². The number of furan rings is 1. The average molecular weight is 473 g/mol. The summed E-state index contributed by atoms with van der Waals surface area (Å²) >= 11 is 6.60. The highest BCUT2D eigenvalue weighted by atomic mass is 35.5. The molecule has 33 heavy (non-hydrogen) atoms. The topological polar surface area (TPSA) is 77.8 Å². The van der Waals surface area contributed by atoms with Gasteiger partial charge in [-0.05, 0) is 44.4 Å². The Morgan fingerprint density at radius 1 is 1.12 bits per heavy atom. The van der Waals surface area contributed by atoms with Crippen LogP contribution in [0.2, 0.25) is 5.02 Å². The lowest BCUT2D eigenvalue weighted by Crippen LogP contribution is -2.52. The first kappa shape index (κ1) is 22.5. The van der Waals surface area contributed by atoms with Crippen molar-refractivity contribution in [3.05, 3.63) is 28.5 Å². The third kappa shape index (κ3) is 3.79. The Hall–Kier alpha value is -2.25. The number of benzene rings is 1. The number of hydrogen-bond acceptors (Lipinski definition) is 4. The van der Waals surface area contributed by atoms with Gasteiger partial charge < -0.3 is 20.0 Å². The van der Waals surface area contributed by atoms with Crippen LogP contribution in [0.3, 0.4) is 0 Å². The molecule has 1 atom stereocenters. The van der Waals surface area contributed by atoms with Gasteiger partial charge in [0.25, 0.3) is 5.91 Å². The van der Waals surface area contributed by atoms with E-state index in [0.717, 1.165) is 75.7 Å². The zero-order chi connectivity index (χ0) is 23.2. The Balaban J connectivity index is 0.00000111. The molecule has 1 spiro atoms. The summed E-state index contributed by atoms with van der Waals surface area (Å²) in [5.74, 6) is 0.298. The maximum atomic E-state index is 13.3. The number of fused-ring (bicyclic) bond motifs is 5. The van der Waals surface area contributed by atoms with Gasteiger partial charge in [0.2, 0.25) is 0 Å². The van der Waals surface area contributed by atoms with Crippen LogP contribution in [0.25, 0.3) is 11.0 Å². The van der Waals surface area contributed by atoms with Gasteiger partial charge in [0.15, 0.2) is 5.76 Å². The van der Waals surface area contributed by atoms with E-state index in [9.17, 15) is 9.59 Å². The molecule has 3 fully saturated rings. The first-order valence-corrected chi connectivity index (χ1v) is 12.8. The first-order chi connectivity index (χ1) is 16.0. The molecule has 1 unspecified atom stereocenters. The van der Waals surface area contributed by atoms with Gasteiger partial charge >= 0.3 is 6.03 Å². The lowest BCUT2D eigenvalue weighted by atomic mass is 9.74. The molecule has 4 heterocycles. The molecule has 0 bridgehead atoms. The van der Waals surface area contributed by atoms with Crippen molar-refractivity contribution in [2.45, 2.75) is 70.4 Å². The molecule has 1 aliphatic carbocycles. The van der Waals surface area contributed by atoms with Crippen LogP contribution in [-0.4, -0.2) is 54.0 Å². The number of nitrogens with zero attached hydrogens (tertiary/aromatic N) is 2. The Morgan fingerprint density at radius 3 is 2.70 bits per heavy atom. The Morgan fingerprint density at radius 2 is 1.91 bits per heavy atom. The molecule has 7 nitrogen and oxygen atoms in total. The SMILES string of the molecule is CC.O=C1Nc2c(Cl)cc3cc(C(=O)N4CCN5CCCC5C4)oc3c2C2(CCCCC2)N1. The smallest absolute Gasteiger partial charge is 0.319 e. The second-order valence-electron chi connectivity index (χ2n) is 9.44. The summed E-state index contributed by atoms with van der Waals surface area (Å²) in [5, 5.41) is 7.34. The lowest BCUT2D eigenvalue weighted by molar-refractivity contribution is 0.0543. The number of urea groups is 1. The maximum Gasteiger partial charge on any atom is 0.319 e. The van der Waals surface area contributed by atoms with Crippen molar-refractivity contribution in [2.24, 2.45) is 0 Å². The van der Waals surface area contributed by atoms with E-state index >= 15 is 0 Å². The molecule has 2 N–H and O–H groups in total. The van der Waals surface area contributed by atoms with Crippen molar-refractivity contribution in [2.75, 3.05) is 31.5 Å². The third-order valence-corrected chi connectivity index (χ3v) is 7.92. The van der Waals surface area contributed by atoms with Gasteiger partial charge in [-0.15, -0.1) is 0 Å². The van der Waals surface area contributed by atoms with Crippen molar-refractivity contribution in [3.8, 4) is 0 Å². The molecule has 3 amide bonds. The molecule has 2 saturated heterocycles. The summed E-state index contributed by atoms with van der Waals surface area (Å²) in [6, 6.07) is 3.85. The van der Waals surface area contributed by atoms with Crippen molar-refractivity contribution in [1.82, 2.24) is 15.1 Å². The first-order valence-electron chi connectivity index (χ1n) is 12.4. The van der Waals surface area contributed by atoms with E-state index in [-0.39, 0.29) is 11.9 Å². The molecular weight excluding hydrogens is 440 g/mol. The van der Waals surface area contributed by atoms with Gasteiger partial charge in [-0.25, -0.2) is 4.79 Å². The molecule has 1 aromatic carbocycles. The zero-order valence-corrected chi connectivity index (χ0v) is 20.3. The highest BCUT2D eigenvalue weighted by Gasteiger charge is 2.44. The van der Waals surface area contributed by atoms with Gasteiger partial charge in [-0.2, -0.15) is 0 Å². The summed E-state index contributed by atoms with van der Waals surface area (Å²) in [6.07, 6.45) is 7.27. The molecular formula is C25H33ClN4O3. The van der Waals surface area contributed by atoms with E-state index in [1.54, 1.807) is 6.07 Å². The fraction of sp³-hybridized carbons (Fsp3) is 0.600. The second kappa shape index (κ2) is 8.84. The Labute approximate surface area is 199 Å². The van der Waals surface area contributed by atoms with Crippen molar-refractivity contribution < 1.29 is 14.0 Å². The van der Waals surface area contributed by atoms with E-state index in [1.165, 1.54) is 6.42 Å². The van der Waals surface area contributed by atoms with Crippen LogP contribution >= 0.6 is 11.6 Å². The minimum atomic E-state index is -0.493. The van der Waals surface area contributed by atoms with Gasteiger partial charge in [-0.1, -0.05) is 44.7 Å². The van der Waals surface area contributed by atoms with Gasteiger partial charge in [0.1, 0.15) is 5.58 Å². The normalized spacial score (nSPS) is 23.9. The zero-order valence-electron chi connectivity index (χ0n) is 19.5. The quantitative estimate of drug-likeness (QED) is 0.588. The molecule has 1 aromatic heterocycles. The fourth-order valence-electron chi connectivity index (χ4n) is 6.12. The molecule has 6 rings (SSSR count). The Bertz CT molecular complexity index is 1080. The van der Waals surface area contributed by atoms with Crippen molar-refractivity contribution in [1.29, 1.82) is 0 Å². The van der Waals surface area contributed by atoms with Gasteiger partial charge in [0, 0.05) is 36.6 Å². The number of hydrogen-bond donors (Lipinski definition) is 2. The molecule has 1 saturated carbocycles. The minimum absolute atomic E-state index is 0.0573. The van der Waals surface area contributed by atoms with Gasteiger partial charge in [0.05, 0.1) is 16.2 Å². The van der Waals surface area contributed by atoms with Crippen LogP contribution in [0.5, 0.6) is 0 Å². The molecule has 2 aromatic rings. The number of rotatable bonds is 1. The number of halogens is 1. The Kier molecular flexibility index (Phi) is 6.04. The minimum Gasteiger partial charge on any atom is -0.450 e. The van der Waals surface area contributed by atoms with E-state index in [0.29, 0.717) is 28.1 Å². The highest BCUT2D eigenvalue weighted by molar-refractivity contribution is 6.35. The number of amides is 3. The maximum absolute atomic E-state index is 13.3. The van der Waals surface area contributed by atoms with E-state index in [2.05, 4.69) is 15.5 Å². The van der Waals surface area contributed by atoms with Crippen molar-refractivity contribution in [3.63, 3.8) is 0 Å². The summed E-state index contributed by atoms with van der Waals surface area (Å²) < 4.78 is 6.26. The standard InChI is InChI=1S/C23H27ClN4O3.C2H6/c24-16-11-14-12-17(21(29)28-10-9-27-8-4-5-15(27)13-28)31-20(14)18-19(16)25-22(30)26-23(18)6-2-1-3-7-23;1-2/h11-12,15H,1-10,13H2,(H2,25,26,30);1-2H3. The number of carbonyl (C=O) groups is 2. The number of nitrogens with one attached hydrogen (secondary N) is 2. The summed E-state index contributed by atoms with van der Waals surface area (Å²) in [6.45, 7) is 7.56. The third-order valence-electron chi connectivity index (χ3n) is 7.62. The molecule has 3 aliphatic heterocycles. The fourth-order valence-corrected chi connectivity index (χ4v) is 6.38. The molecule has 178 valence electrons. The van der Waals surface area contributed by atoms with Crippen LogP contribution in [0.15, 0.2) is 16.5 Å². The largest absolute Gasteiger partial charge is 0.450 e. The summed E-state index contributed by atoms with van der Waals surface area (Å²) in [4.78, 5) is 30.2. The van der Waals surface area contributed by atoms with Crippen LogP contribution in [0.1, 0.15) is 74.9 Å². The van der Waals surface area contributed by atoms with E-state index in [4.69, 9.17) is 16.0 Å². The van der Waals surface area contributed by atoms with Crippen LogP contribution < -0.4 is 10.6 Å². The monoisotopic (exact) mass is 472 g/mol. The highest BCUT2D eigenvalue weighted by Crippen LogP contribution is 2.49. The molecule has 8 heteroatoms. The van der Waals surface area contributed by atoms with Gasteiger partial charge in [-0.3, -0.25) is 9.69 Å². The number of piperazine rings is 1. The van der Waals surface area contributed by atoms with E-state index < -0.39 is 5.54 Å². The number of anilines is 1. The van der Waals surface area contributed by atoms with Crippen LogP contribution in [0.4, 0.5) is 10.5 Å². The second-order valence-corrected chi connectivity index (χ2v) is 9.85.